The summed E-state index contributed by atoms with van der Waals surface area (Å²) in [5, 5.41) is 0. The molecule has 0 aliphatic carbocycles. The minimum Gasteiger partial charge on any atom is -0.494 e. The molecule has 0 aliphatic rings. The van der Waals surface area contributed by atoms with Crippen LogP contribution in [0.5, 0.6) is 5.75 Å². The van der Waals surface area contributed by atoms with Crippen LogP contribution >= 0.6 is 0 Å². The molecule has 108 valence electrons. The van der Waals surface area contributed by atoms with E-state index in [0.29, 0.717) is 12.0 Å². The molecular weight excluding hydrogens is 247 g/mol. The van der Waals surface area contributed by atoms with Crippen molar-refractivity contribution in [1.29, 1.82) is 0 Å². The fraction of sp³-hybridized carbons (Fsp3) is 0.571. The number of hydrogen-bond donors (Lipinski definition) is 2. The van der Waals surface area contributed by atoms with Gasteiger partial charge >= 0.3 is 0 Å². The quantitative estimate of drug-likeness (QED) is 0.560. The molecule has 3 N–H and O–H groups in total. The van der Waals surface area contributed by atoms with Gasteiger partial charge in [0.25, 0.3) is 0 Å². The first-order valence-electron chi connectivity index (χ1n) is 6.48. The predicted octanol–water partition coefficient (Wildman–Crippen LogP) is 2.02. The maximum absolute atomic E-state index is 14.1. The standard InChI is InChI=1S/C14H23FN2O2/c1-4-6-12(18-2)11(17-16)9-10-7-5-8-13(19-3)14(10)15/h5,7-8,11-12,17H,4,6,9,16H2,1-3H3. The van der Waals surface area contributed by atoms with Gasteiger partial charge in [-0.1, -0.05) is 25.5 Å². The minimum atomic E-state index is -0.336. The van der Waals surface area contributed by atoms with Crippen LogP contribution in [0.25, 0.3) is 0 Å². The smallest absolute Gasteiger partial charge is 0.168 e. The molecule has 2 unspecified atom stereocenters. The monoisotopic (exact) mass is 270 g/mol. The first-order valence-corrected chi connectivity index (χ1v) is 6.48. The highest BCUT2D eigenvalue weighted by molar-refractivity contribution is 5.31. The van der Waals surface area contributed by atoms with E-state index in [1.54, 1.807) is 25.3 Å². The summed E-state index contributed by atoms with van der Waals surface area (Å²) in [7, 11) is 3.10. The molecule has 0 radical (unpaired) electrons. The van der Waals surface area contributed by atoms with E-state index in [1.165, 1.54) is 7.11 Å². The van der Waals surface area contributed by atoms with E-state index in [-0.39, 0.29) is 23.7 Å². The number of nitrogens with one attached hydrogen (secondary N) is 1. The Bertz CT molecular complexity index is 388. The second-order valence-electron chi connectivity index (χ2n) is 4.47. The minimum absolute atomic E-state index is 0.0411. The first-order chi connectivity index (χ1) is 9.17. The van der Waals surface area contributed by atoms with Crippen molar-refractivity contribution in [2.45, 2.75) is 38.3 Å². The molecule has 1 aromatic rings. The van der Waals surface area contributed by atoms with Crippen molar-refractivity contribution < 1.29 is 13.9 Å². The lowest BCUT2D eigenvalue weighted by molar-refractivity contribution is 0.0606. The van der Waals surface area contributed by atoms with E-state index < -0.39 is 0 Å². The second kappa shape index (κ2) is 8.09. The van der Waals surface area contributed by atoms with Crippen molar-refractivity contribution in [2.24, 2.45) is 5.84 Å². The maximum Gasteiger partial charge on any atom is 0.168 e. The van der Waals surface area contributed by atoms with Gasteiger partial charge in [0.2, 0.25) is 0 Å². The van der Waals surface area contributed by atoms with E-state index in [9.17, 15) is 4.39 Å². The Kier molecular flexibility index (Phi) is 6.77. The largest absolute Gasteiger partial charge is 0.494 e. The molecule has 0 spiro atoms. The van der Waals surface area contributed by atoms with Crippen molar-refractivity contribution in [1.82, 2.24) is 5.43 Å². The Morgan fingerprint density at radius 2 is 2.11 bits per heavy atom. The van der Waals surface area contributed by atoms with Crippen LogP contribution < -0.4 is 16.0 Å². The molecule has 5 heteroatoms. The molecule has 4 nitrogen and oxygen atoms in total. The highest BCUT2D eigenvalue weighted by Gasteiger charge is 2.21. The van der Waals surface area contributed by atoms with Gasteiger partial charge in [-0.25, -0.2) is 4.39 Å². The third-order valence-corrected chi connectivity index (χ3v) is 3.24. The van der Waals surface area contributed by atoms with Crippen LogP contribution in [0.2, 0.25) is 0 Å². The zero-order chi connectivity index (χ0) is 14.3. The van der Waals surface area contributed by atoms with Gasteiger partial charge in [-0.3, -0.25) is 11.3 Å². The fourth-order valence-electron chi connectivity index (χ4n) is 2.17. The van der Waals surface area contributed by atoms with Crippen molar-refractivity contribution in [3.63, 3.8) is 0 Å². The van der Waals surface area contributed by atoms with Gasteiger partial charge in [-0.15, -0.1) is 0 Å². The molecule has 2 atom stereocenters. The normalized spacial score (nSPS) is 14.2. The van der Waals surface area contributed by atoms with Crippen molar-refractivity contribution in [3.05, 3.63) is 29.6 Å². The van der Waals surface area contributed by atoms with Crippen LogP contribution in [0.4, 0.5) is 4.39 Å². The summed E-state index contributed by atoms with van der Waals surface area (Å²) < 4.78 is 24.5. The van der Waals surface area contributed by atoms with Crippen LogP contribution in [0.1, 0.15) is 25.3 Å². The molecule has 0 bridgehead atoms. The molecule has 19 heavy (non-hydrogen) atoms. The Morgan fingerprint density at radius 3 is 2.63 bits per heavy atom. The summed E-state index contributed by atoms with van der Waals surface area (Å²) >= 11 is 0. The van der Waals surface area contributed by atoms with Gasteiger partial charge in [0.05, 0.1) is 19.3 Å². The van der Waals surface area contributed by atoms with Gasteiger partial charge in [-0.2, -0.15) is 0 Å². The number of benzene rings is 1. The lowest BCUT2D eigenvalue weighted by atomic mass is 9.98. The molecule has 0 saturated heterocycles. The van der Waals surface area contributed by atoms with Crippen LogP contribution in [0, 0.1) is 5.82 Å². The van der Waals surface area contributed by atoms with Crippen molar-refractivity contribution in [3.8, 4) is 5.75 Å². The van der Waals surface area contributed by atoms with E-state index in [0.717, 1.165) is 12.8 Å². The number of hydrazine groups is 1. The average molecular weight is 270 g/mol. The molecule has 0 aliphatic heterocycles. The maximum atomic E-state index is 14.1. The van der Waals surface area contributed by atoms with E-state index >= 15 is 0 Å². The highest BCUT2D eigenvalue weighted by Crippen LogP contribution is 2.22. The number of ether oxygens (including phenoxy) is 2. The Hall–Kier alpha value is -1.17. The third-order valence-electron chi connectivity index (χ3n) is 3.24. The highest BCUT2D eigenvalue weighted by atomic mass is 19.1. The Morgan fingerprint density at radius 1 is 1.37 bits per heavy atom. The Balaban J connectivity index is 2.86. The number of rotatable bonds is 8. The average Bonchev–Trinajstić information content (AvgIpc) is 2.44. The van der Waals surface area contributed by atoms with Crippen molar-refractivity contribution >= 4 is 0 Å². The molecule has 0 aromatic heterocycles. The van der Waals surface area contributed by atoms with Crippen LogP contribution in [0.3, 0.4) is 0 Å². The lowest BCUT2D eigenvalue weighted by Gasteiger charge is -2.25. The summed E-state index contributed by atoms with van der Waals surface area (Å²) in [6.45, 7) is 2.08. The third kappa shape index (κ3) is 4.16. The zero-order valence-corrected chi connectivity index (χ0v) is 11.8. The number of nitrogens with two attached hydrogens (primary N) is 1. The van der Waals surface area contributed by atoms with Gasteiger partial charge in [0, 0.05) is 7.11 Å². The summed E-state index contributed by atoms with van der Waals surface area (Å²) in [6, 6.07) is 4.98. The van der Waals surface area contributed by atoms with E-state index in [2.05, 4.69) is 12.3 Å². The summed E-state index contributed by atoms with van der Waals surface area (Å²) in [4.78, 5) is 0. The van der Waals surface area contributed by atoms with Crippen LogP contribution in [-0.2, 0) is 11.2 Å². The molecule has 1 aromatic carbocycles. The van der Waals surface area contributed by atoms with E-state index in [1.807, 2.05) is 0 Å². The Labute approximate surface area is 114 Å². The van der Waals surface area contributed by atoms with E-state index in [4.69, 9.17) is 15.3 Å². The van der Waals surface area contributed by atoms with Gasteiger partial charge in [-0.05, 0) is 24.5 Å². The van der Waals surface area contributed by atoms with Gasteiger partial charge in [0.15, 0.2) is 11.6 Å². The summed E-state index contributed by atoms with van der Waals surface area (Å²) in [5.74, 6) is 5.48. The SMILES string of the molecule is CCCC(OC)C(Cc1cccc(OC)c1F)NN. The van der Waals surface area contributed by atoms with Crippen LogP contribution in [-0.4, -0.2) is 26.4 Å². The number of halogens is 1. The predicted molar refractivity (Wildman–Crippen MR) is 73.5 cm³/mol. The second-order valence-corrected chi connectivity index (χ2v) is 4.47. The van der Waals surface area contributed by atoms with Crippen molar-refractivity contribution in [2.75, 3.05) is 14.2 Å². The molecule has 0 heterocycles. The topological polar surface area (TPSA) is 56.5 Å². The summed E-state index contributed by atoms with van der Waals surface area (Å²) in [5.41, 5.74) is 3.29. The molecular formula is C14H23FN2O2. The molecule has 0 fully saturated rings. The zero-order valence-electron chi connectivity index (χ0n) is 11.8. The molecule has 0 amide bonds. The van der Waals surface area contributed by atoms with Crippen LogP contribution in [0.15, 0.2) is 18.2 Å². The lowest BCUT2D eigenvalue weighted by Crippen LogP contribution is -2.46. The fourth-order valence-corrected chi connectivity index (χ4v) is 2.17. The number of methoxy groups -OCH3 is 2. The number of hydrogen-bond acceptors (Lipinski definition) is 4. The van der Waals surface area contributed by atoms with Gasteiger partial charge < -0.3 is 9.47 Å². The molecule has 1 rings (SSSR count). The summed E-state index contributed by atoms with van der Waals surface area (Å²) in [6.07, 6.45) is 2.27. The first kappa shape index (κ1) is 15.9. The molecule has 0 saturated carbocycles. The van der Waals surface area contributed by atoms with Gasteiger partial charge in [0.1, 0.15) is 0 Å².